The lowest BCUT2D eigenvalue weighted by atomic mass is 10.2. The van der Waals surface area contributed by atoms with E-state index in [0.29, 0.717) is 18.9 Å². The summed E-state index contributed by atoms with van der Waals surface area (Å²) in [5, 5.41) is 2.84. The fourth-order valence-electron chi connectivity index (χ4n) is 2.58. The van der Waals surface area contributed by atoms with Crippen LogP contribution in [0, 0.1) is 0 Å². The lowest BCUT2D eigenvalue weighted by Crippen LogP contribution is -2.53. The second-order valence-electron chi connectivity index (χ2n) is 4.94. The normalized spacial score (nSPS) is 21.9. The van der Waals surface area contributed by atoms with Crippen LogP contribution in [0.15, 0.2) is 23.2 Å². The van der Waals surface area contributed by atoms with Gasteiger partial charge in [0.25, 0.3) is 0 Å². The predicted molar refractivity (Wildman–Crippen MR) is 79.3 cm³/mol. The van der Waals surface area contributed by atoms with Gasteiger partial charge in [-0.2, -0.15) is 4.31 Å². The van der Waals surface area contributed by atoms with Gasteiger partial charge in [-0.1, -0.05) is 6.92 Å². The topological polar surface area (TPSA) is 65.5 Å². The Morgan fingerprint density at radius 1 is 1.45 bits per heavy atom. The van der Waals surface area contributed by atoms with E-state index in [1.54, 1.807) is 29.7 Å². The van der Waals surface area contributed by atoms with Crippen molar-refractivity contribution in [1.82, 2.24) is 14.2 Å². The second kappa shape index (κ2) is 6.07. The number of anilines is 1. The Labute approximate surface area is 120 Å². The van der Waals surface area contributed by atoms with Crippen molar-refractivity contribution in [1.29, 1.82) is 0 Å². The summed E-state index contributed by atoms with van der Waals surface area (Å²) in [6.07, 6.45) is 1.59. The zero-order valence-electron chi connectivity index (χ0n) is 12.2. The maximum absolute atomic E-state index is 12.7. The standard InChI is InChI=1S/C13H22N4O2S/c1-4-16-8-9-17(10-11(16)2)20(18,19)12-6-5-7-15-13(12)14-3/h5-7,11H,4,8-10H2,1-3H3,(H,14,15). The zero-order chi connectivity index (χ0) is 14.8. The molecule has 1 aromatic rings. The van der Waals surface area contributed by atoms with Crippen molar-refractivity contribution in [3.05, 3.63) is 18.3 Å². The number of pyridine rings is 1. The van der Waals surface area contributed by atoms with Crippen molar-refractivity contribution in [3.63, 3.8) is 0 Å². The van der Waals surface area contributed by atoms with E-state index in [9.17, 15) is 8.42 Å². The molecule has 1 N–H and O–H groups in total. The summed E-state index contributed by atoms with van der Waals surface area (Å²) in [4.78, 5) is 6.62. The molecular weight excluding hydrogens is 276 g/mol. The molecule has 0 aliphatic carbocycles. The van der Waals surface area contributed by atoms with Gasteiger partial charge in [0.2, 0.25) is 10.0 Å². The molecule has 7 heteroatoms. The Balaban J connectivity index is 2.27. The molecule has 1 atom stereocenters. The molecule has 6 nitrogen and oxygen atoms in total. The quantitative estimate of drug-likeness (QED) is 0.892. The Bertz CT molecular complexity index is 561. The Morgan fingerprint density at radius 3 is 2.80 bits per heavy atom. The fourth-order valence-corrected chi connectivity index (χ4v) is 4.24. The SMILES string of the molecule is CCN1CCN(S(=O)(=O)c2cccnc2NC)CC1C. The third kappa shape index (κ3) is 2.79. The van der Waals surface area contributed by atoms with Crippen LogP contribution in [0.3, 0.4) is 0 Å². The molecule has 20 heavy (non-hydrogen) atoms. The Kier molecular flexibility index (Phi) is 4.62. The molecule has 2 rings (SSSR count). The Morgan fingerprint density at radius 2 is 2.20 bits per heavy atom. The highest BCUT2D eigenvalue weighted by Crippen LogP contribution is 2.24. The molecule has 0 aromatic carbocycles. The maximum Gasteiger partial charge on any atom is 0.246 e. The molecule has 0 saturated carbocycles. The molecule has 1 aromatic heterocycles. The number of piperazine rings is 1. The number of hydrogen-bond donors (Lipinski definition) is 1. The van der Waals surface area contributed by atoms with Crippen molar-refractivity contribution < 1.29 is 8.42 Å². The Hall–Kier alpha value is -1.18. The number of rotatable bonds is 4. The van der Waals surface area contributed by atoms with Gasteiger partial charge in [0.1, 0.15) is 10.7 Å². The van der Waals surface area contributed by atoms with Crippen LogP contribution in [-0.4, -0.2) is 61.9 Å². The first kappa shape index (κ1) is 15.2. The van der Waals surface area contributed by atoms with E-state index >= 15 is 0 Å². The van der Waals surface area contributed by atoms with Gasteiger partial charge in [0.15, 0.2) is 0 Å². The lowest BCUT2D eigenvalue weighted by molar-refractivity contribution is 0.135. The molecular formula is C13H22N4O2S. The van der Waals surface area contributed by atoms with Crippen LogP contribution in [0.5, 0.6) is 0 Å². The number of hydrogen-bond acceptors (Lipinski definition) is 5. The maximum atomic E-state index is 12.7. The van der Waals surface area contributed by atoms with Crippen LogP contribution in [0.4, 0.5) is 5.82 Å². The zero-order valence-corrected chi connectivity index (χ0v) is 13.0. The minimum absolute atomic E-state index is 0.234. The molecule has 0 bridgehead atoms. The number of sulfonamides is 1. The van der Waals surface area contributed by atoms with Gasteiger partial charge in [0, 0.05) is 38.9 Å². The van der Waals surface area contributed by atoms with Crippen LogP contribution in [0.25, 0.3) is 0 Å². The molecule has 1 fully saturated rings. The molecule has 1 saturated heterocycles. The first-order chi connectivity index (χ1) is 9.50. The van der Waals surface area contributed by atoms with E-state index in [1.165, 1.54) is 0 Å². The van der Waals surface area contributed by atoms with E-state index in [2.05, 4.69) is 29.0 Å². The number of nitrogens with zero attached hydrogens (tertiary/aromatic N) is 3. The van der Waals surface area contributed by atoms with Crippen LogP contribution in [-0.2, 0) is 10.0 Å². The molecule has 1 aliphatic rings. The molecule has 2 heterocycles. The summed E-state index contributed by atoms with van der Waals surface area (Å²) in [5.74, 6) is 0.401. The molecule has 0 spiro atoms. The summed E-state index contributed by atoms with van der Waals surface area (Å²) < 4.78 is 27.0. The molecule has 1 aliphatic heterocycles. The smallest absolute Gasteiger partial charge is 0.246 e. The van der Waals surface area contributed by atoms with Gasteiger partial charge < -0.3 is 5.32 Å². The van der Waals surface area contributed by atoms with Crippen molar-refractivity contribution in [2.24, 2.45) is 0 Å². The van der Waals surface area contributed by atoms with E-state index < -0.39 is 10.0 Å². The van der Waals surface area contributed by atoms with Crippen LogP contribution >= 0.6 is 0 Å². The van der Waals surface area contributed by atoms with E-state index in [4.69, 9.17) is 0 Å². The summed E-state index contributed by atoms with van der Waals surface area (Å²) in [5.41, 5.74) is 0. The van der Waals surface area contributed by atoms with Crippen LogP contribution in [0.1, 0.15) is 13.8 Å². The van der Waals surface area contributed by atoms with Crippen LogP contribution in [0.2, 0.25) is 0 Å². The highest BCUT2D eigenvalue weighted by Gasteiger charge is 2.33. The summed E-state index contributed by atoms with van der Waals surface area (Å²) >= 11 is 0. The van der Waals surface area contributed by atoms with Gasteiger partial charge in [-0.05, 0) is 25.6 Å². The van der Waals surface area contributed by atoms with Crippen molar-refractivity contribution in [2.45, 2.75) is 24.8 Å². The lowest BCUT2D eigenvalue weighted by Gasteiger charge is -2.38. The molecule has 112 valence electrons. The van der Waals surface area contributed by atoms with E-state index in [0.717, 1.165) is 13.1 Å². The van der Waals surface area contributed by atoms with Crippen molar-refractivity contribution in [2.75, 3.05) is 38.5 Å². The molecule has 0 radical (unpaired) electrons. The van der Waals surface area contributed by atoms with Crippen LogP contribution < -0.4 is 5.32 Å². The van der Waals surface area contributed by atoms with E-state index in [1.807, 2.05) is 0 Å². The van der Waals surface area contributed by atoms with Gasteiger partial charge >= 0.3 is 0 Å². The van der Waals surface area contributed by atoms with Gasteiger partial charge in [0.05, 0.1) is 0 Å². The van der Waals surface area contributed by atoms with Gasteiger partial charge in [-0.15, -0.1) is 0 Å². The van der Waals surface area contributed by atoms with Crippen molar-refractivity contribution in [3.8, 4) is 0 Å². The molecule has 1 unspecified atom stereocenters. The largest absolute Gasteiger partial charge is 0.372 e. The summed E-state index contributed by atoms with van der Waals surface area (Å²) in [7, 11) is -1.81. The first-order valence-electron chi connectivity index (χ1n) is 6.87. The number of nitrogens with one attached hydrogen (secondary N) is 1. The third-order valence-electron chi connectivity index (χ3n) is 3.76. The average molecular weight is 298 g/mol. The fraction of sp³-hybridized carbons (Fsp3) is 0.615. The number of likely N-dealkylation sites (N-methyl/N-ethyl adjacent to an activating group) is 1. The monoisotopic (exact) mass is 298 g/mol. The predicted octanol–water partition coefficient (Wildman–Crippen LogP) is 0.838. The third-order valence-corrected chi connectivity index (χ3v) is 5.66. The van der Waals surface area contributed by atoms with E-state index in [-0.39, 0.29) is 10.9 Å². The van der Waals surface area contributed by atoms with Gasteiger partial charge in [-0.3, -0.25) is 4.90 Å². The highest BCUT2D eigenvalue weighted by molar-refractivity contribution is 7.89. The molecule has 0 amide bonds. The second-order valence-corrected chi connectivity index (χ2v) is 6.85. The minimum atomic E-state index is -3.49. The highest BCUT2D eigenvalue weighted by atomic mass is 32.2. The summed E-state index contributed by atoms with van der Waals surface area (Å²) in [6.45, 7) is 6.93. The average Bonchev–Trinajstić information content (AvgIpc) is 2.47. The number of aromatic nitrogens is 1. The first-order valence-corrected chi connectivity index (χ1v) is 8.31. The van der Waals surface area contributed by atoms with Crippen molar-refractivity contribution >= 4 is 15.8 Å². The minimum Gasteiger partial charge on any atom is -0.372 e. The summed E-state index contributed by atoms with van der Waals surface area (Å²) in [6, 6.07) is 3.49. The van der Waals surface area contributed by atoms with Gasteiger partial charge in [-0.25, -0.2) is 13.4 Å².